The van der Waals surface area contributed by atoms with Gasteiger partial charge in [0.25, 0.3) is 0 Å². The smallest absolute Gasteiger partial charge is 0.168 e. The Morgan fingerprint density at radius 3 is 2.13 bits per heavy atom. The van der Waals surface area contributed by atoms with Crippen molar-refractivity contribution in [2.24, 2.45) is 0 Å². The molecule has 2 aromatic heterocycles. The topological polar surface area (TPSA) is 43.6 Å². The Morgan fingerprint density at radius 2 is 1.53 bits per heavy atom. The molecule has 0 bridgehead atoms. The molecular formula is C23H22Cl2N4S. The molecule has 4 aromatic rings. The highest BCUT2D eigenvalue weighted by atomic mass is 35.5. The van der Waals surface area contributed by atoms with E-state index in [9.17, 15) is 0 Å². The van der Waals surface area contributed by atoms with Crippen LogP contribution in [0.3, 0.4) is 0 Å². The van der Waals surface area contributed by atoms with Crippen molar-refractivity contribution < 1.29 is 0 Å². The number of aromatic nitrogens is 4. The van der Waals surface area contributed by atoms with Crippen molar-refractivity contribution in [2.45, 2.75) is 39.5 Å². The standard InChI is InChI=1S/C23H22Cl2N4S/c1-5-23(3,4)22-27-26-21(30-22)19-14(2)20(15-6-8-16(24)9-7-15)29(28-19)18-12-10-17(25)11-13-18/h6-13H,5H2,1-4H3. The highest BCUT2D eigenvalue weighted by Gasteiger charge is 2.26. The van der Waals surface area contributed by atoms with Gasteiger partial charge in [0.2, 0.25) is 0 Å². The fourth-order valence-corrected chi connectivity index (χ4v) is 4.47. The van der Waals surface area contributed by atoms with Gasteiger partial charge < -0.3 is 0 Å². The zero-order valence-electron chi connectivity index (χ0n) is 17.3. The lowest BCUT2D eigenvalue weighted by molar-refractivity contribution is 0.498. The predicted molar refractivity (Wildman–Crippen MR) is 126 cm³/mol. The molecule has 7 heteroatoms. The number of benzene rings is 2. The normalized spacial score (nSPS) is 11.8. The van der Waals surface area contributed by atoms with Gasteiger partial charge in [-0.05, 0) is 49.7 Å². The average Bonchev–Trinajstić information content (AvgIpc) is 3.35. The molecule has 0 N–H and O–H groups in total. The van der Waals surface area contributed by atoms with Crippen molar-refractivity contribution in [2.75, 3.05) is 0 Å². The van der Waals surface area contributed by atoms with Crippen LogP contribution in [0.4, 0.5) is 0 Å². The fourth-order valence-electron chi connectivity index (χ4n) is 3.16. The van der Waals surface area contributed by atoms with Crippen LogP contribution in [0, 0.1) is 6.92 Å². The van der Waals surface area contributed by atoms with Crippen molar-refractivity contribution in [3.63, 3.8) is 0 Å². The highest BCUT2D eigenvalue weighted by Crippen LogP contribution is 2.38. The Bertz CT molecular complexity index is 1180. The maximum absolute atomic E-state index is 6.12. The summed E-state index contributed by atoms with van der Waals surface area (Å²) >= 11 is 13.8. The van der Waals surface area contributed by atoms with Crippen molar-refractivity contribution >= 4 is 34.5 Å². The van der Waals surface area contributed by atoms with Crippen LogP contribution < -0.4 is 0 Å². The van der Waals surface area contributed by atoms with Gasteiger partial charge >= 0.3 is 0 Å². The van der Waals surface area contributed by atoms with E-state index in [-0.39, 0.29) is 5.41 Å². The molecular weight excluding hydrogens is 435 g/mol. The molecule has 4 rings (SSSR count). The average molecular weight is 457 g/mol. The van der Waals surface area contributed by atoms with Gasteiger partial charge in [-0.2, -0.15) is 5.10 Å². The van der Waals surface area contributed by atoms with Crippen LogP contribution in [-0.2, 0) is 5.41 Å². The molecule has 2 aromatic carbocycles. The third kappa shape index (κ3) is 3.89. The molecule has 0 amide bonds. The molecule has 30 heavy (non-hydrogen) atoms. The zero-order chi connectivity index (χ0) is 21.5. The van der Waals surface area contributed by atoms with Crippen molar-refractivity contribution in [3.05, 3.63) is 69.1 Å². The van der Waals surface area contributed by atoms with E-state index in [2.05, 4.69) is 37.9 Å². The molecule has 0 saturated carbocycles. The van der Waals surface area contributed by atoms with E-state index in [1.54, 1.807) is 11.3 Å². The Hall–Kier alpha value is -2.21. The first-order valence-electron chi connectivity index (χ1n) is 9.76. The summed E-state index contributed by atoms with van der Waals surface area (Å²) in [7, 11) is 0. The molecule has 4 nitrogen and oxygen atoms in total. The van der Waals surface area contributed by atoms with Gasteiger partial charge in [0.05, 0.1) is 11.4 Å². The summed E-state index contributed by atoms with van der Waals surface area (Å²) in [5.74, 6) is 0. The number of rotatable bonds is 5. The van der Waals surface area contributed by atoms with E-state index in [1.165, 1.54) is 0 Å². The van der Waals surface area contributed by atoms with Crippen molar-refractivity contribution in [3.8, 4) is 27.6 Å². The SMILES string of the molecule is CCC(C)(C)c1nnc(-c2nn(-c3ccc(Cl)cc3)c(-c3ccc(Cl)cc3)c2C)s1. The van der Waals surface area contributed by atoms with E-state index in [1.807, 2.05) is 53.2 Å². The van der Waals surface area contributed by atoms with E-state index in [0.29, 0.717) is 10.0 Å². The van der Waals surface area contributed by atoms with Gasteiger partial charge in [0, 0.05) is 26.6 Å². The van der Waals surface area contributed by atoms with Crippen LogP contribution in [-0.4, -0.2) is 20.0 Å². The van der Waals surface area contributed by atoms with Gasteiger partial charge in [-0.3, -0.25) is 0 Å². The maximum Gasteiger partial charge on any atom is 0.168 e. The quantitative estimate of drug-likeness (QED) is 0.314. The first-order chi connectivity index (χ1) is 14.3. The van der Waals surface area contributed by atoms with E-state index < -0.39 is 0 Å². The molecule has 0 aliphatic heterocycles. The van der Waals surface area contributed by atoms with Crippen LogP contribution >= 0.6 is 34.5 Å². The summed E-state index contributed by atoms with van der Waals surface area (Å²) in [6.45, 7) is 8.62. The van der Waals surface area contributed by atoms with Crippen LogP contribution in [0.2, 0.25) is 10.0 Å². The van der Waals surface area contributed by atoms with Crippen LogP contribution in [0.25, 0.3) is 27.6 Å². The zero-order valence-corrected chi connectivity index (χ0v) is 19.6. The van der Waals surface area contributed by atoms with Gasteiger partial charge in [0.15, 0.2) is 5.01 Å². The minimum atomic E-state index is -0.0123. The lowest BCUT2D eigenvalue weighted by atomic mass is 9.91. The van der Waals surface area contributed by atoms with E-state index >= 15 is 0 Å². The van der Waals surface area contributed by atoms with E-state index in [0.717, 1.165) is 44.6 Å². The lowest BCUT2D eigenvalue weighted by Gasteiger charge is -2.17. The summed E-state index contributed by atoms with van der Waals surface area (Å²) in [6, 6.07) is 15.5. The molecule has 154 valence electrons. The van der Waals surface area contributed by atoms with Crippen LogP contribution in [0.15, 0.2) is 48.5 Å². The molecule has 0 aliphatic rings. The molecule has 0 atom stereocenters. The largest absolute Gasteiger partial charge is 0.232 e. The van der Waals surface area contributed by atoms with Crippen molar-refractivity contribution in [1.29, 1.82) is 0 Å². The second-order valence-corrected chi connectivity index (χ2v) is 9.72. The Balaban J connectivity index is 1.90. The summed E-state index contributed by atoms with van der Waals surface area (Å²) in [5, 5.41) is 17.1. The van der Waals surface area contributed by atoms with Gasteiger partial charge in [-0.25, -0.2) is 4.68 Å². The first kappa shape index (κ1) is 21.0. The number of nitrogens with zero attached hydrogens (tertiary/aromatic N) is 4. The third-order valence-corrected chi connectivity index (χ3v) is 7.20. The highest BCUT2D eigenvalue weighted by molar-refractivity contribution is 7.14. The van der Waals surface area contributed by atoms with Crippen molar-refractivity contribution in [1.82, 2.24) is 20.0 Å². The molecule has 0 spiro atoms. The number of halogens is 2. The predicted octanol–water partition coefficient (Wildman–Crippen LogP) is 7.36. The minimum Gasteiger partial charge on any atom is -0.232 e. The van der Waals surface area contributed by atoms with Crippen LogP contribution in [0.1, 0.15) is 37.8 Å². The van der Waals surface area contributed by atoms with Gasteiger partial charge in [-0.1, -0.05) is 67.4 Å². The first-order valence-corrected chi connectivity index (χ1v) is 11.3. The maximum atomic E-state index is 6.12. The summed E-state index contributed by atoms with van der Waals surface area (Å²) in [6.07, 6.45) is 0.996. The Labute approximate surface area is 190 Å². The Kier molecular flexibility index (Phi) is 5.71. The summed E-state index contributed by atoms with van der Waals surface area (Å²) < 4.78 is 1.94. The molecule has 0 radical (unpaired) electrons. The van der Waals surface area contributed by atoms with Gasteiger partial charge in [-0.15, -0.1) is 10.2 Å². The fraction of sp³-hybridized carbons (Fsp3) is 0.261. The monoisotopic (exact) mass is 456 g/mol. The minimum absolute atomic E-state index is 0.0123. The van der Waals surface area contributed by atoms with Gasteiger partial charge in [0.1, 0.15) is 10.7 Å². The molecule has 0 unspecified atom stereocenters. The summed E-state index contributed by atoms with van der Waals surface area (Å²) in [5.41, 5.74) is 4.83. The molecule has 2 heterocycles. The number of hydrogen-bond acceptors (Lipinski definition) is 4. The van der Waals surface area contributed by atoms with Crippen LogP contribution in [0.5, 0.6) is 0 Å². The van der Waals surface area contributed by atoms with E-state index in [4.69, 9.17) is 28.3 Å². The second-order valence-electron chi connectivity index (χ2n) is 7.87. The third-order valence-electron chi connectivity index (χ3n) is 5.40. The lowest BCUT2D eigenvalue weighted by Crippen LogP contribution is -2.14. The Morgan fingerprint density at radius 1 is 0.933 bits per heavy atom. The molecule has 0 saturated heterocycles. The molecule has 0 fully saturated rings. The number of hydrogen-bond donors (Lipinski definition) is 0. The summed E-state index contributed by atoms with van der Waals surface area (Å²) in [4.78, 5) is 0. The second kappa shape index (κ2) is 8.14. The molecule has 0 aliphatic carbocycles.